The van der Waals surface area contributed by atoms with Crippen molar-refractivity contribution in [2.24, 2.45) is 0 Å². The van der Waals surface area contributed by atoms with Crippen molar-refractivity contribution in [2.75, 3.05) is 24.2 Å². The van der Waals surface area contributed by atoms with Crippen molar-refractivity contribution in [1.29, 1.82) is 0 Å². The zero-order valence-corrected chi connectivity index (χ0v) is 26.0. The Hall–Kier alpha value is -2.20. The lowest BCUT2D eigenvalue weighted by molar-refractivity contribution is -0.141. The third kappa shape index (κ3) is 8.65. The predicted molar refractivity (Wildman–Crippen MR) is 161 cm³/mol. The lowest BCUT2D eigenvalue weighted by Crippen LogP contribution is -2.50. The molecule has 0 bridgehead atoms. The fourth-order valence-corrected chi connectivity index (χ4v) is 6.55. The number of halogens is 3. The average Bonchev–Trinajstić information content (AvgIpc) is 2.90. The number of hydrogen-bond acceptors (Lipinski definition) is 5. The van der Waals surface area contributed by atoms with Crippen LogP contribution >= 0.6 is 34.8 Å². The van der Waals surface area contributed by atoms with E-state index in [2.05, 4.69) is 5.32 Å². The summed E-state index contributed by atoms with van der Waals surface area (Å²) in [5.74, 6) is -0.138. The number of sulfonamides is 1. The Bertz CT molecular complexity index is 1280. The van der Waals surface area contributed by atoms with Crippen LogP contribution in [0.15, 0.2) is 36.4 Å². The lowest BCUT2D eigenvalue weighted by Gasteiger charge is -2.32. The molecule has 2 amide bonds. The number of hydrogen-bond donors (Lipinski definition) is 1. The van der Waals surface area contributed by atoms with E-state index in [9.17, 15) is 18.0 Å². The molecule has 2 aromatic rings. The zero-order valence-electron chi connectivity index (χ0n) is 23.0. The molecule has 0 heterocycles. The average molecular weight is 633 g/mol. The van der Waals surface area contributed by atoms with Crippen LogP contribution in [0.5, 0.6) is 5.75 Å². The Morgan fingerprint density at radius 1 is 1.05 bits per heavy atom. The first-order valence-corrected chi connectivity index (χ1v) is 16.2. The summed E-state index contributed by atoms with van der Waals surface area (Å²) in [7, 11) is -2.20. The number of carbonyl (C=O) groups is 2. The number of nitrogens with zero attached hydrogens (tertiary/aromatic N) is 2. The van der Waals surface area contributed by atoms with Crippen LogP contribution in [-0.4, -0.2) is 57.1 Å². The summed E-state index contributed by atoms with van der Waals surface area (Å²) in [5.41, 5.74) is 0.905. The standard InChI is InChI=1S/C28H36Cl3N3O5S/c1-19(28(36)32-20-9-5-4-6-10-20)33(18-22-23(29)11-7-12-24(22)30)27(35)13-8-16-34(40(3,37)38)21-14-15-26(39-2)25(31)17-21/h7,11-12,14-15,17,19-20H,4-6,8-10,13,16,18H2,1-3H3,(H,32,36). The number of methoxy groups -OCH3 is 1. The van der Waals surface area contributed by atoms with Gasteiger partial charge in [-0.3, -0.25) is 13.9 Å². The first kappa shape index (κ1) is 32.3. The second kappa shape index (κ2) is 14.6. The van der Waals surface area contributed by atoms with E-state index in [0.29, 0.717) is 27.0 Å². The van der Waals surface area contributed by atoms with Gasteiger partial charge in [-0.15, -0.1) is 0 Å². The maximum absolute atomic E-state index is 13.6. The van der Waals surface area contributed by atoms with E-state index < -0.39 is 16.1 Å². The van der Waals surface area contributed by atoms with Gasteiger partial charge in [0.05, 0.1) is 24.1 Å². The Labute approximate surface area is 251 Å². The fourth-order valence-electron chi connectivity index (χ4n) is 4.82. The van der Waals surface area contributed by atoms with Gasteiger partial charge in [0.1, 0.15) is 11.8 Å². The van der Waals surface area contributed by atoms with Gasteiger partial charge >= 0.3 is 0 Å². The summed E-state index contributed by atoms with van der Waals surface area (Å²) in [6, 6.07) is 9.07. The van der Waals surface area contributed by atoms with Crippen LogP contribution in [0.1, 0.15) is 57.4 Å². The predicted octanol–water partition coefficient (Wildman–Crippen LogP) is 6.07. The molecular weight excluding hydrogens is 597 g/mol. The molecule has 1 fully saturated rings. The normalized spacial score (nSPS) is 14.8. The molecular formula is C28H36Cl3N3O5S. The van der Waals surface area contributed by atoms with Crippen molar-refractivity contribution in [3.63, 3.8) is 0 Å². The quantitative estimate of drug-likeness (QED) is 0.307. The number of amides is 2. The van der Waals surface area contributed by atoms with Gasteiger partial charge in [-0.25, -0.2) is 8.42 Å². The summed E-state index contributed by atoms with van der Waals surface area (Å²) in [6.07, 6.45) is 6.42. The smallest absolute Gasteiger partial charge is 0.242 e. The molecule has 1 N–H and O–H groups in total. The van der Waals surface area contributed by atoms with Crippen molar-refractivity contribution in [1.82, 2.24) is 10.2 Å². The third-order valence-electron chi connectivity index (χ3n) is 7.08. The molecule has 1 unspecified atom stereocenters. The van der Waals surface area contributed by atoms with E-state index in [1.54, 1.807) is 37.3 Å². The van der Waals surface area contributed by atoms with E-state index >= 15 is 0 Å². The molecule has 3 rings (SSSR count). The molecule has 0 radical (unpaired) electrons. The van der Waals surface area contributed by atoms with E-state index in [4.69, 9.17) is 39.5 Å². The monoisotopic (exact) mass is 631 g/mol. The molecule has 12 heteroatoms. The summed E-state index contributed by atoms with van der Waals surface area (Å²) in [6.45, 7) is 1.76. The second-order valence-electron chi connectivity index (χ2n) is 10.00. The van der Waals surface area contributed by atoms with Crippen LogP contribution in [0.2, 0.25) is 15.1 Å². The Morgan fingerprint density at radius 2 is 1.70 bits per heavy atom. The molecule has 40 heavy (non-hydrogen) atoms. The molecule has 0 spiro atoms. The fraction of sp³-hybridized carbons (Fsp3) is 0.500. The van der Waals surface area contributed by atoms with Gasteiger partial charge in [0.2, 0.25) is 21.8 Å². The van der Waals surface area contributed by atoms with E-state index in [1.165, 1.54) is 22.4 Å². The van der Waals surface area contributed by atoms with Crippen molar-refractivity contribution >= 4 is 62.3 Å². The number of rotatable bonds is 12. The Balaban J connectivity index is 1.77. The summed E-state index contributed by atoms with van der Waals surface area (Å²) in [5, 5.41) is 4.15. The zero-order chi connectivity index (χ0) is 29.4. The first-order valence-electron chi connectivity index (χ1n) is 13.3. The molecule has 1 atom stereocenters. The minimum atomic E-state index is -3.67. The molecule has 0 saturated heterocycles. The van der Waals surface area contributed by atoms with Crippen LogP contribution in [0, 0.1) is 0 Å². The Morgan fingerprint density at radius 3 is 2.27 bits per heavy atom. The van der Waals surface area contributed by atoms with Crippen LogP contribution < -0.4 is 14.4 Å². The number of nitrogens with one attached hydrogen (secondary N) is 1. The molecule has 1 aliphatic rings. The summed E-state index contributed by atoms with van der Waals surface area (Å²) in [4.78, 5) is 28.2. The van der Waals surface area contributed by atoms with E-state index in [-0.39, 0.29) is 48.8 Å². The SMILES string of the molecule is COc1ccc(N(CCCC(=O)N(Cc2c(Cl)cccc2Cl)C(C)C(=O)NC2CCCCC2)S(C)(=O)=O)cc1Cl. The minimum Gasteiger partial charge on any atom is -0.495 e. The highest BCUT2D eigenvalue weighted by Crippen LogP contribution is 2.31. The molecule has 0 aliphatic heterocycles. The maximum Gasteiger partial charge on any atom is 0.242 e. The van der Waals surface area contributed by atoms with E-state index in [0.717, 1.165) is 38.4 Å². The van der Waals surface area contributed by atoms with Crippen molar-refractivity contribution < 1.29 is 22.7 Å². The number of ether oxygens (including phenoxy) is 1. The highest BCUT2D eigenvalue weighted by molar-refractivity contribution is 7.92. The topological polar surface area (TPSA) is 96.0 Å². The molecule has 2 aromatic carbocycles. The lowest BCUT2D eigenvalue weighted by atomic mass is 9.95. The van der Waals surface area contributed by atoms with Gasteiger partial charge in [-0.1, -0.05) is 60.1 Å². The molecule has 1 aliphatic carbocycles. The molecule has 220 valence electrons. The van der Waals surface area contributed by atoms with Crippen LogP contribution in [-0.2, 0) is 26.2 Å². The van der Waals surface area contributed by atoms with Gasteiger partial charge in [0, 0.05) is 41.2 Å². The minimum absolute atomic E-state index is 0.000965. The molecule has 1 saturated carbocycles. The number of benzene rings is 2. The molecule has 8 nitrogen and oxygen atoms in total. The van der Waals surface area contributed by atoms with Crippen molar-refractivity contribution in [3.05, 3.63) is 57.0 Å². The van der Waals surface area contributed by atoms with Crippen LogP contribution in [0.4, 0.5) is 5.69 Å². The van der Waals surface area contributed by atoms with Gasteiger partial charge in [-0.2, -0.15) is 0 Å². The highest BCUT2D eigenvalue weighted by atomic mass is 35.5. The van der Waals surface area contributed by atoms with Crippen LogP contribution in [0.3, 0.4) is 0 Å². The number of anilines is 1. The maximum atomic E-state index is 13.6. The second-order valence-corrected chi connectivity index (χ2v) is 13.1. The number of carbonyl (C=O) groups excluding carboxylic acids is 2. The van der Waals surface area contributed by atoms with Crippen molar-refractivity contribution in [2.45, 2.75) is 70.5 Å². The van der Waals surface area contributed by atoms with Gasteiger partial charge < -0.3 is 15.0 Å². The highest BCUT2D eigenvalue weighted by Gasteiger charge is 2.29. The summed E-state index contributed by atoms with van der Waals surface area (Å²) < 4.78 is 31.5. The Kier molecular flexibility index (Phi) is 11.8. The molecule has 0 aromatic heterocycles. The first-order chi connectivity index (χ1) is 18.9. The van der Waals surface area contributed by atoms with Crippen molar-refractivity contribution in [3.8, 4) is 5.75 Å². The van der Waals surface area contributed by atoms with Gasteiger partial charge in [0.15, 0.2) is 0 Å². The van der Waals surface area contributed by atoms with Crippen LogP contribution in [0.25, 0.3) is 0 Å². The summed E-state index contributed by atoms with van der Waals surface area (Å²) >= 11 is 19.0. The van der Waals surface area contributed by atoms with E-state index in [1.807, 2.05) is 0 Å². The third-order valence-corrected chi connectivity index (χ3v) is 9.28. The largest absolute Gasteiger partial charge is 0.495 e. The van der Waals surface area contributed by atoms with Gasteiger partial charge in [0.25, 0.3) is 0 Å². The van der Waals surface area contributed by atoms with Gasteiger partial charge in [-0.05, 0) is 56.5 Å².